The lowest BCUT2D eigenvalue weighted by atomic mass is 10.0. The highest BCUT2D eigenvalue weighted by Crippen LogP contribution is 2.26. The third kappa shape index (κ3) is 13.7. The van der Waals surface area contributed by atoms with Crippen molar-refractivity contribution in [3.05, 3.63) is 173 Å². The van der Waals surface area contributed by atoms with Crippen LogP contribution < -0.4 is 23.7 Å². The zero-order valence-electron chi connectivity index (χ0n) is 35.6. The number of nitrogens with zero attached hydrogens (tertiary/aromatic N) is 1. The highest BCUT2D eigenvalue weighted by molar-refractivity contribution is 5.94. The number of carbonyl (C=O) groups is 4. The Balaban J connectivity index is 0.926. The molecule has 0 aliphatic heterocycles. The first-order chi connectivity index (χ1) is 31.2. The molecule has 326 valence electrons. The van der Waals surface area contributed by atoms with Crippen molar-refractivity contribution in [2.45, 2.75) is 71.1 Å². The Hall–Kier alpha value is -7.58. The maximum absolute atomic E-state index is 15.1. The molecule has 0 atom stereocenters. The average molecular weight is 862 g/mol. The molecule has 0 amide bonds. The van der Waals surface area contributed by atoms with Gasteiger partial charge in [0.15, 0.2) is 0 Å². The van der Waals surface area contributed by atoms with Crippen LogP contribution in [0.25, 0.3) is 11.1 Å². The van der Waals surface area contributed by atoms with Crippen LogP contribution in [0.3, 0.4) is 0 Å². The van der Waals surface area contributed by atoms with Gasteiger partial charge in [-0.3, -0.25) is 0 Å². The third-order valence-corrected chi connectivity index (χ3v) is 10.2. The normalized spacial score (nSPS) is 10.6. The highest BCUT2D eigenvalue weighted by atomic mass is 19.1. The second-order valence-electron chi connectivity index (χ2n) is 15.0. The quantitative estimate of drug-likeness (QED) is 0.0390. The predicted octanol–water partition coefficient (Wildman–Crippen LogP) is 12.5. The van der Waals surface area contributed by atoms with E-state index in [9.17, 15) is 19.2 Å². The van der Waals surface area contributed by atoms with Gasteiger partial charge in [-0.05, 0) is 115 Å². The van der Waals surface area contributed by atoms with Gasteiger partial charge in [-0.25, -0.2) is 23.6 Å². The minimum atomic E-state index is -1.04. The van der Waals surface area contributed by atoms with Crippen molar-refractivity contribution >= 4 is 23.9 Å². The summed E-state index contributed by atoms with van der Waals surface area (Å²) in [6.07, 6.45) is 12.5. The van der Waals surface area contributed by atoms with Crippen LogP contribution in [0.1, 0.15) is 118 Å². The minimum absolute atomic E-state index is 0.0226. The number of benzene rings is 6. The van der Waals surface area contributed by atoms with Gasteiger partial charge in [0.25, 0.3) is 0 Å². The number of nitriles is 1. The van der Waals surface area contributed by atoms with Gasteiger partial charge in [0.1, 0.15) is 34.6 Å². The molecule has 0 saturated heterocycles. The summed E-state index contributed by atoms with van der Waals surface area (Å²) >= 11 is 0. The van der Waals surface area contributed by atoms with Gasteiger partial charge >= 0.3 is 23.9 Å². The Morgan fingerprint density at radius 1 is 0.469 bits per heavy atom. The largest absolute Gasteiger partial charge is 0.494 e. The molecule has 0 N–H and O–H groups in total. The van der Waals surface area contributed by atoms with E-state index in [0.717, 1.165) is 36.1 Å². The highest BCUT2D eigenvalue weighted by Gasteiger charge is 2.19. The molecular weight excluding hydrogens is 814 g/mol. The molecule has 0 aromatic heterocycles. The van der Waals surface area contributed by atoms with Crippen LogP contribution in [0.15, 0.2) is 140 Å². The van der Waals surface area contributed by atoms with Crippen molar-refractivity contribution in [2.75, 3.05) is 6.61 Å². The molecule has 0 unspecified atom stereocenters. The maximum Gasteiger partial charge on any atom is 0.346 e. The summed E-state index contributed by atoms with van der Waals surface area (Å²) in [6.45, 7) is 2.86. The minimum Gasteiger partial charge on any atom is -0.494 e. The van der Waals surface area contributed by atoms with E-state index in [-0.39, 0.29) is 34.1 Å². The molecule has 0 bridgehead atoms. The standard InChI is InChI=1S/C53H48FNO9/c1-2-3-4-5-6-7-8-9-10-11-33-60-43-27-23-41(24-28-43)50(56)61-44-29-25-42(26-30-44)52(58)62-45-13-12-14-46(34-45)64-53(59)48-32-31-47(35-49(48)54)63-51(57)40-21-19-39(20-22-40)38-17-15-37(36-55)16-18-38/h12-32,34-35H,2-11,33H2,1H3. The number of rotatable bonds is 21. The Morgan fingerprint density at radius 3 is 1.41 bits per heavy atom. The zero-order chi connectivity index (χ0) is 45.1. The van der Waals surface area contributed by atoms with Gasteiger partial charge in [-0.1, -0.05) is 95.0 Å². The smallest absolute Gasteiger partial charge is 0.346 e. The summed E-state index contributed by atoms with van der Waals surface area (Å²) in [5.41, 5.74) is 2.52. The SMILES string of the molecule is CCCCCCCCCCCCOc1ccc(C(=O)Oc2ccc(C(=O)Oc3cccc(OC(=O)c4ccc(OC(=O)c5ccc(-c6ccc(C#N)cc6)cc5)cc4F)c3)cc2)cc1. The van der Waals surface area contributed by atoms with Crippen LogP contribution in [0.2, 0.25) is 0 Å². The molecule has 0 aliphatic rings. The number of carbonyl (C=O) groups excluding carboxylic acids is 4. The van der Waals surface area contributed by atoms with E-state index in [2.05, 4.69) is 13.0 Å². The molecule has 0 radical (unpaired) electrons. The first-order valence-corrected chi connectivity index (χ1v) is 21.4. The molecule has 11 heteroatoms. The summed E-state index contributed by atoms with van der Waals surface area (Å²) < 4.78 is 42.6. The zero-order valence-corrected chi connectivity index (χ0v) is 35.6. The first kappa shape index (κ1) is 45.9. The van der Waals surface area contributed by atoms with Crippen molar-refractivity contribution in [3.8, 4) is 45.9 Å². The fourth-order valence-corrected chi connectivity index (χ4v) is 6.65. The summed E-state index contributed by atoms with van der Waals surface area (Å²) in [4.78, 5) is 51.4. The number of unbranched alkanes of at least 4 members (excludes halogenated alkanes) is 9. The monoisotopic (exact) mass is 861 g/mol. The Bertz CT molecular complexity index is 2550. The van der Waals surface area contributed by atoms with E-state index < -0.39 is 35.3 Å². The van der Waals surface area contributed by atoms with E-state index in [1.165, 1.54) is 106 Å². The summed E-state index contributed by atoms with van der Waals surface area (Å²) in [7, 11) is 0. The van der Waals surface area contributed by atoms with E-state index >= 15 is 4.39 Å². The van der Waals surface area contributed by atoms with Crippen molar-refractivity contribution in [3.63, 3.8) is 0 Å². The molecule has 6 rings (SSSR count). The Kier molecular flexibility index (Phi) is 16.9. The second-order valence-corrected chi connectivity index (χ2v) is 15.0. The van der Waals surface area contributed by atoms with Gasteiger partial charge < -0.3 is 23.7 Å². The Labute approximate surface area is 372 Å². The lowest BCUT2D eigenvalue weighted by Gasteiger charge is -2.10. The number of hydrogen-bond acceptors (Lipinski definition) is 10. The molecule has 64 heavy (non-hydrogen) atoms. The van der Waals surface area contributed by atoms with Crippen LogP contribution >= 0.6 is 0 Å². The number of esters is 4. The van der Waals surface area contributed by atoms with Crippen LogP contribution in [-0.4, -0.2) is 30.5 Å². The van der Waals surface area contributed by atoms with E-state index in [1.807, 2.05) is 0 Å². The van der Waals surface area contributed by atoms with Crippen molar-refractivity contribution < 1.29 is 47.3 Å². The van der Waals surface area contributed by atoms with E-state index in [1.54, 1.807) is 72.8 Å². The van der Waals surface area contributed by atoms with Gasteiger partial charge in [0, 0.05) is 12.1 Å². The van der Waals surface area contributed by atoms with Crippen LogP contribution in [0.5, 0.6) is 28.7 Å². The lowest BCUT2D eigenvalue weighted by molar-refractivity contribution is 0.0720. The fraction of sp³-hybridized carbons (Fsp3) is 0.226. The van der Waals surface area contributed by atoms with Crippen molar-refractivity contribution in [2.24, 2.45) is 0 Å². The Morgan fingerprint density at radius 2 is 0.891 bits per heavy atom. The average Bonchev–Trinajstić information content (AvgIpc) is 3.31. The number of hydrogen-bond donors (Lipinski definition) is 0. The van der Waals surface area contributed by atoms with Gasteiger partial charge in [-0.15, -0.1) is 0 Å². The molecule has 0 heterocycles. The molecule has 0 aliphatic carbocycles. The molecule has 10 nitrogen and oxygen atoms in total. The van der Waals surface area contributed by atoms with E-state index in [0.29, 0.717) is 23.5 Å². The maximum atomic E-state index is 15.1. The molecule has 0 fully saturated rings. The topological polar surface area (TPSA) is 138 Å². The van der Waals surface area contributed by atoms with Gasteiger partial charge in [0.05, 0.1) is 40.5 Å². The first-order valence-electron chi connectivity index (χ1n) is 21.4. The fourth-order valence-electron chi connectivity index (χ4n) is 6.65. The van der Waals surface area contributed by atoms with Gasteiger partial charge in [-0.2, -0.15) is 5.26 Å². The third-order valence-electron chi connectivity index (χ3n) is 10.2. The van der Waals surface area contributed by atoms with Crippen molar-refractivity contribution in [1.29, 1.82) is 5.26 Å². The lowest BCUT2D eigenvalue weighted by Crippen LogP contribution is -2.13. The number of ether oxygens (including phenoxy) is 5. The molecule has 0 saturated carbocycles. The molecule has 0 spiro atoms. The molecule has 6 aromatic carbocycles. The second kappa shape index (κ2) is 23.6. The van der Waals surface area contributed by atoms with Crippen molar-refractivity contribution in [1.82, 2.24) is 0 Å². The number of halogens is 1. The van der Waals surface area contributed by atoms with Gasteiger partial charge in [0.2, 0.25) is 0 Å². The van der Waals surface area contributed by atoms with E-state index in [4.69, 9.17) is 28.9 Å². The molecular formula is C53H48FNO9. The molecule has 6 aromatic rings. The predicted molar refractivity (Wildman–Crippen MR) is 239 cm³/mol. The summed E-state index contributed by atoms with van der Waals surface area (Å²) in [5, 5.41) is 9.01. The summed E-state index contributed by atoms with van der Waals surface area (Å²) in [5.74, 6) is -3.24. The summed E-state index contributed by atoms with van der Waals surface area (Å²) in [6, 6.07) is 37.2. The van der Waals surface area contributed by atoms with Crippen LogP contribution in [-0.2, 0) is 0 Å². The van der Waals surface area contributed by atoms with Crippen LogP contribution in [0.4, 0.5) is 4.39 Å². The van der Waals surface area contributed by atoms with Crippen LogP contribution in [0, 0.1) is 17.1 Å².